The summed E-state index contributed by atoms with van der Waals surface area (Å²) in [6.45, 7) is 3.66. The second kappa shape index (κ2) is 4.00. The van der Waals surface area contributed by atoms with Crippen LogP contribution in [0.25, 0.3) is 0 Å². The van der Waals surface area contributed by atoms with Crippen LogP contribution in [0.4, 0.5) is 0 Å². The number of aromatic nitrogens is 1. The summed E-state index contributed by atoms with van der Waals surface area (Å²) < 4.78 is 0. The average molecular weight is 163 g/mol. The lowest BCUT2D eigenvalue weighted by molar-refractivity contribution is -0.117. The minimum atomic E-state index is 0.228. The maximum absolute atomic E-state index is 10.8. The molecule has 64 valence electrons. The highest BCUT2D eigenvalue weighted by molar-refractivity contribution is 5.76. The van der Waals surface area contributed by atoms with Crippen molar-refractivity contribution in [3.63, 3.8) is 0 Å². The van der Waals surface area contributed by atoms with Crippen molar-refractivity contribution in [2.24, 2.45) is 0 Å². The number of Topliss-reactive ketones (excluding diaryl/α,β-unsaturated/α-hetero) is 1. The minimum Gasteiger partial charge on any atom is -0.300 e. The number of carbonyl (C=O) groups excluding carboxylic acids is 1. The number of pyridine rings is 1. The van der Waals surface area contributed by atoms with Gasteiger partial charge in [0.25, 0.3) is 0 Å². The Labute approximate surface area is 72.6 Å². The van der Waals surface area contributed by atoms with E-state index in [2.05, 4.69) is 4.98 Å². The van der Waals surface area contributed by atoms with Gasteiger partial charge in [-0.05, 0) is 24.5 Å². The third-order valence-corrected chi connectivity index (χ3v) is 1.85. The van der Waals surface area contributed by atoms with Crippen LogP contribution in [-0.2, 0) is 4.79 Å². The molecule has 1 atom stereocenters. The third-order valence-electron chi connectivity index (χ3n) is 1.85. The molecule has 1 aromatic heterocycles. The van der Waals surface area contributed by atoms with Gasteiger partial charge in [0, 0.05) is 18.8 Å². The van der Waals surface area contributed by atoms with Gasteiger partial charge in [-0.3, -0.25) is 4.98 Å². The number of rotatable bonds is 3. The van der Waals surface area contributed by atoms with Gasteiger partial charge in [-0.2, -0.15) is 0 Å². The molecular formula is C10H13NO. The maximum atomic E-state index is 10.8. The van der Waals surface area contributed by atoms with Crippen molar-refractivity contribution in [1.82, 2.24) is 4.98 Å². The van der Waals surface area contributed by atoms with Gasteiger partial charge < -0.3 is 4.79 Å². The lowest BCUT2D eigenvalue weighted by Crippen LogP contribution is -2.00. The summed E-state index contributed by atoms with van der Waals surface area (Å²) >= 11 is 0. The molecule has 0 aliphatic rings. The van der Waals surface area contributed by atoms with Gasteiger partial charge in [-0.1, -0.05) is 13.0 Å². The van der Waals surface area contributed by atoms with Crippen molar-refractivity contribution in [2.75, 3.05) is 0 Å². The standard InChI is InChI=1S/C10H13NO/c1-8(6-9(2)12)10-4-3-5-11-7-10/h3-5,7-8H,6H2,1-2H3/t8-/m1/s1. The molecule has 0 N–H and O–H groups in total. The Morgan fingerprint density at radius 1 is 1.67 bits per heavy atom. The molecule has 0 unspecified atom stereocenters. The van der Waals surface area contributed by atoms with Crippen LogP contribution in [0.1, 0.15) is 31.7 Å². The average Bonchev–Trinajstić information content (AvgIpc) is 2.05. The van der Waals surface area contributed by atoms with Crippen LogP contribution in [0.3, 0.4) is 0 Å². The number of ketones is 1. The highest BCUT2D eigenvalue weighted by Gasteiger charge is 2.06. The predicted molar refractivity (Wildman–Crippen MR) is 48.0 cm³/mol. The summed E-state index contributed by atoms with van der Waals surface area (Å²) in [5, 5.41) is 0. The number of hydrogen-bond donors (Lipinski definition) is 0. The van der Waals surface area contributed by atoms with Gasteiger partial charge in [0.1, 0.15) is 5.78 Å². The van der Waals surface area contributed by atoms with E-state index in [1.807, 2.05) is 25.3 Å². The molecule has 2 nitrogen and oxygen atoms in total. The summed E-state index contributed by atoms with van der Waals surface area (Å²) in [6.07, 6.45) is 4.16. The Kier molecular flexibility index (Phi) is 2.97. The molecule has 0 saturated carbocycles. The van der Waals surface area contributed by atoms with E-state index in [0.29, 0.717) is 6.42 Å². The van der Waals surface area contributed by atoms with Crippen molar-refractivity contribution in [3.05, 3.63) is 30.1 Å². The fourth-order valence-electron chi connectivity index (χ4n) is 1.22. The number of hydrogen-bond acceptors (Lipinski definition) is 2. The van der Waals surface area contributed by atoms with E-state index in [-0.39, 0.29) is 11.7 Å². The first-order chi connectivity index (χ1) is 5.70. The molecule has 12 heavy (non-hydrogen) atoms. The molecule has 0 radical (unpaired) electrons. The van der Waals surface area contributed by atoms with Crippen LogP contribution < -0.4 is 0 Å². The molecule has 0 amide bonds. The van der Waals surface area contributed by atoms with Crippen LogP contribution in [0.5, 0.6) is 0 Å². The third kappa shape index (κ3) is 2.46. The fourth-order valence-corrected chi connectivity index (χ4v) is 1.22. The topological polar surface area (TPSA) is 30.0 Å². The molecule has 0 aliphatic heterocycles. The van der Waals surface area contributed by atoms with E-state index >= 15 is 0 Å². The Balaban J connectivity index is 2.65. The van der Waals surface area contributed by atoms with E-state index in [1.54, 1.807) is 13.1 Å². The molecule has 0 bridgehead atoms. The minimum absolute atomic E-state index is 0.228. The smallest absolute Gasteiger partial charge is 0.130 e. The summed E-state index contributed by atoms with van der Waals surface area (Å²) in [5.74, 6) is 0.516. The van der Waals surface area contributed by atoms with Crippen molar-refractivity contribution in [2.45, 2.75) is 26.2 Å². The highest BCUT2D eigenvalue weighted by Crippen LogP contribution is 2.17. The number of nitrogens with zero attached hydrogens (tertiary/aromatic N) is 1. The largest absolute Gasteiger partial charge is 0.300 e. The monoisotopic (exact) mass is 163 g/mol. The van der Waals surface area contributed by atoms with E-state index in [4.69, 9.17) is 0 Å². The molecule has 0 spiro atoms. The fraction of sp³-hybridized carbons (Fsp3) is 0.400. The van der Waals surface area contributed by atoms with E-state index in [0.717, 1.165) is 5.56 Å². The van der Waals surface area contributed by atoms with Crippen LogP contribution in [0, 0.1) is 0 Å². The van der Waals surface area contributed by atoms with Gasteiger partial charge in [0.15, 0.2) is 0 Å². The molecule has 1 rings (SSSR count). The zero-order valence-electron chi connectivity index (χ0n) is 7.45. The summed E-state index contributed by atoms with van der Waals surface area (Å²) in [5.41, 5.74) is 1.13. The predicted octanol–water partition coefficient (Wildman–Crippen LogP) is 2.16. The quantitative estimate of drug-likeness (QED) is 0.683. The van der Waals surface area contributed by atoms with Crippen molar-refractivity contribution >= 4 is 5.78 Å². The van der Waals surface area contributed by atoms with E-state index in [1.165, 1.54) is 0 Å². The maximum Gasteiger partial charge on any atom is 0.130 e. The van der Waals surface area contributed by atoms with Crippen LogP contribution >= 0.6 is 0 Å². The van der Waals surface area contributed by atoms with Crippen LogP contribution in [0.2, 0.25) is 0 Å². The molecule has 0 aromatic carbocycles. The van der Waals surface area contributed by atoms with Crippen LogP contribution in [-0.4, -0.2) is 10.8 Å². The first-order valence-electron chi connectivity index (χ1n) is 4.09. The SMILES string of the molecule is CC(=O)C[C@@H](C)c1cccnc1. The lowest BCUT2D eigenvalue weighted by Gasteiger charge is -2.07. The van der Waals surface area contributed by atoms with Gasteiger partial charge in [0.05, 0.1) is 0 Å². The number of carbonyl (C=O) groups is 1. The summed E-state index contributed by atoms with van der Waals surface area (Å²) in [6, 6.07) is 3.90. The molecule has 0 aliphatic carbocycles. The zero-order valence-corrected chi connectivity index (χ0v) is 7.45. The second-order valence-corrected chi connectivity index (χ2v) is 3.09. The second-order valence-electron chi connectivity index (χ2n) is 3.09. The normalized spacial score (nSPS) is 12.5. The highest BCUT2D eigenvalue weighted by atomic mass is 16.1. The zero-order chi connectivity index (χ0) is 8.97. The van der Waals surface area contributed by atoms with Gasteiger partial charge >= 0.3 is 0 Å². The van der Waals surface area contributed by atoms with E-state index < -0.39 is 0 Å². The van der Waals surface area contributed by atoms with Crippen LogP contribution in [0.15, 0.2) is 24.5 Å². The van der Waals surface area contributed by atoms with Crippen molar-refractivity contribution < 1.29 is 4.79 Å². The molecule has 2 heteroatoms. The molecule has 0 saturated heterocycles. The van der Waals surface area contributed by atoms with Crippen molar-refractivity contribution in [3.8, 4) is 0 Å². The van der Waals surface area contributed by atoms with Crippen molar-refractivity contribution in [1.29, 1.82) is 0 Å². The Morgan fingerprint density at radius 3 is 2.92 bits per heavy atom. The molecule has 0 fully saturated rings. The molecule has 1 aromatic rings. The first kappa shape index (κ1) is 8.91. The molecular weight excluding hydrogens is 150 g/mol. The van der Waals surface area contributed by atoms with Gasteiger partial charge in [-0.15, -0.1) is 0 Å². The Morgan fingerprint density at radius 2 is 2.42 bits per heavy atom. The lowest BCUT2D eigenvalue weighted by atomic mass is 9.98. The first-order valence-corrected chi connectivity index (χ1v) is 4.09. The summed E-state index contributed by atoms with van der Waals surface area (Å²) in [7, 11) is 0. The van der Waals surface area contributed by atoms with Gasteiger partial charge in [-0.25, -0.2) is 0 Å². The Bertz CT molecular complexity index is 256. The molecule has 1 heterocycles. The summed E-state index contributed by atoms with van der Waals surface area (Å²) in [4.78, 5) is 14.8. The van der Waals surface area contributed by atoms with E-state index in [9.17, 15) is 4.79 Å². The Hall–Kier alpha value is -1.18. The van der Waals surface area contributed by atoms with Gasteiger partial charge in [0.2, 0.25) is 0 Å².